The van der Waals surface area contributed by atoms with Crippen LogP contribution < -0.4 is 4.74 Å². The van der Waals surface area contributed by atoms with Crippen LogP contribution in [-0.4, -0.2) is 24.2 Å². The minimum absolute atomic E-state index is 0.0528. The zero-order valence-corrected chi connectivity index (χ0v) is 8.86. The van der Waals surface area contributed by atoms with Crippen molar-refractivity contribution >= 4 is 11.9 Å². The fraction of sp³-hybridized carbons (Fsp3) is 0.273. The van der Waals surface area contributed by atoms with E-state index in [-0.39, 0.29) is 17.9 Å². The Morgan fingerprint density at radius 2 is 2.25 bits per heavy atom. The Kier molecular flexibility index (Phi) is 2.30. The van der Waals surface area contributed by atoms with Crippen LogP contribution in [0.25, 0.3) is 0 Å². The third kappa shape index (κ3) is 1.32. The third-order valence-electron chi connectivity index (χ3n) is 2.56. The van der Waals surface area contributed by atoms with Gasteiger partial charge in [0.15, 0.2) is 0 Å². The first-order chi connectivity index (χ1) is 7.56. The molecule has 0 aromatic heterocycles. The molecule has 0 bridgehead atoms. The Balaban J connectivity index is 2.75. The van der Waals surface area contributed by atoms with Gasteiger partial charge in [0, 0.05) is 5.56 Å². The van der Waals surface area contributed by atoms with Gasteiger partial charge in [-0.3, -0.25) is 0 Å². The second kappa shape index (κ2) is 3.52. The molecule has 1 aromatic carbocycles. The van der Waals surface area contributed by atoms with E-state index < -0.39 is 11.9 Å². The molecule has 16 heavy (non-hydrogen) atoms. The Hall–Kier alpha value is -2.04. The first-order valence-electron chi connectivity index (χ1n) is 4.67. The minimum Gasteiger partial charge on any atom is -0.495 e. The number of carboxylic acids is 1. The molecule has 0 amide bonds. The average molecular weight is 222 g/mol. The number of carbonyl (C=O) groups is 2. The van der Waals surface area contributed by atoms with Gasteiger partial charge in [0.05, 0.1) is 12.7 Å². The van der Waals surface area contributed by atoms with E-state index in [9.17, 15) is 9.59 Å². The topological polar surface area (TPSA) is 72.8 Å². The fourth-order valence-corrected chi connectivity index (χ4v) is 1.89. The lowest BCUT2D eigenvalue weighted by atomic mass is 9.98. The molecule has 5 heteroatoms. The molecule has 1 aliphatic rings. The van der Waals surface area contributed by atoms with Crippen LogP contribution in [-0.2, 0) is 11.3 Å². The molecule has 0 unspecified atom stereocenters. The van der Waals surface area contributed by atoms with Crippen molar-refractivity contribution in [3.8, 4) is 5.75 Å². The van der Waals surface area contributed by atoms with Gasteiger partial charge in [-0.1, -0.05) is 0 Å². The predicted molar refractivity (Wildman–Crippen MR) is 53.8 cm³/mol. The van der Waals surface area contributed by atoms with Gasteiger partial charge in [-0.25, -0.2) is 9.59 Å². The number of esters is 1. The van der Waals surface area contributed by atoms with Gasteiger partial charge in [0.1, 0.15) is 17.9 Å². The normalized spacial score (nSPS) is 13.2. The second-order valence-corrected chi connectivity index (χ2v) is 3.51. The number of aromatic carboxylic acids is 1. The van der Waals surface area contributed by atoms with Crippen molar-refractivity contribution in [3.05, 3.63) is 28.3 Å². The summed E-state index contributed by atoms with van der Waals surface area (Å²) in [6.07, 6.45) is 0. The maximum atomic E-state index is 11.4. The number of ether oxygens (including phenoxy) is 2. The van der Waals surface area contributed by atoms with Gasteiger partial charge in [-0.05, 0) is 18.6 Å². The lowest BCUT2D eigenvalue weighted by Gasteiger charge is -2.10. The molecule has 1 N–H and O–H groups in total. The van der Waals surface area contributed by atoms with Crippen molar-refractivity contribution in [1.82, 2.24) is 0 Å². The molecular formula is C11H10O5. The van der Waals surface area contributed by atoms with Gasteiger partial charge in [0.25, 0.3) is 0 Å². The maximum absolute atomic E-state index is 11.4. The molecule has 5 nitrogen and oxygen atoms in total. The highest BCUT2D eigenvalue weighted by atomic mass is 16.5. The molecule has 1 heterocycles. The van der Waals surface area contributed by atoms with Gasteiger partial charge < -0.3 is 14.6 Å². The summed E-state index contributed by atoms with van der Waals surface area (Å²) in [6.45, 7) is 1.75. The van der Waals surface area contributed by atoms with E-state index in [0.29, 0.717) is 16.7 Å². The summed E-state index contributed by atoms with van der Waals surface area (Å²) in [5.41, 5.74) is 1.58. The molecule has 84 valence electrons. The molecule has 0 atom stereocenters. The highest BCUT2D eigenvalue weighted by molar-refractivity contribution is 6.00. The predicted octanol–water partition coefficient (Wildman–Crippen LogP) is 1.37. The van der Waals surface area contributed by atoms with Crippen LogP contribution in [0.15, 0.2) is 6.07 Å². The molecule has 0 spiro atoms. The van der Waals surface area contributed by atoms with Crippen LogP contribution >= 0.6 is 0 Å². The number of hydrogen-bond acceptors (Lipinski definition) is 4. The summed E-state index contributed by atoms with van der Waals surface area (Å²) in [6, 6.07) is 1.42. The summed E-state index contributed by atoms with van der Waals surface area (Å²) in [5.74, 6) is -1.30. The summed E-state index contributed by atoms with van der Waals surface area (Å²) in [4.78, 5) is 22.4. The quantitative estimate of drug-likeness (QED) is 0.765. The lowest BCUT2D eigenvalue weighted by Crippen LogP contribution is -2.06. The number of benzene rings is 1. The van der Waals surface area contributed by atoms with Crippen LogP contribution in [0.2, 0.25) is 0 Å². The van der Waals surface area contributed by atoms with Crippen molar-refractivity contribution in [2.75, 3.05) is 7.11 Å². The SMILES string of the molecule is COc1c(C(=O)O)cc(C)c2c1COC2=O. The summed E-state index contributed by atoms with van der Waals surface area (Å²) in [7, 11) is 1.38. The largest absolute Gasteiger partial charge is 0.495 e. The maximum Gasteiger partial charge on any atom is 0.339 e. The van der Waals surface area contributed by atoms with Crippen LogP contribution in [0, 0.1) is 6.92 Å². The van der Waals surface area contributed by atoms with Crippen LogP contribution in [0.4, 0.5) is 0 Å². The van der Waals surface area contributed by atoms with E-state index >= 15 is 0 Å². The Labute approximate surface area is 91.6 Å². The van der Waals surface area contributed by atoms with Gasteiger partial charge in [-0.2, -0.15) is 0 Å². The Morgan fingerprint density at radius 1 is 1.56 bits per heavy atom. The first-order valence-corrected chi connectivity index (χ1v) is 4.67. The summed E-state index contributed by atoms with van der Waals surface area (Å²) >= 11 is 0. The lowest BCUT2D eigenvalue weighted by molar-refractivity contribution is 0.0533. The van der Waals surface area contributed by atoms with E-state index in [1.54, 1.807) is 6.92 Å². The van der Waals surface area contributed by atoms with Crippen molar-refractivity contribution in [1.29, 1.82) is 0 Å². The number of carbonyl (C=O) groups excluding carboxylic acids is 1. The number of rotatable bonds is 2. The number of carboxylic acid groups (broad SMARTS) is 1. The zero-order valence-electron chi connectivity index (χ0n) is 8.86. The van der Waals surface area contributed by atoms with Crippen molar-refractivity contribution in [2.45, 2.75) is 13.5 Å². The van der Waals surface area contributed by atoms with E-state index in [1.807, 2.05) is 0 Å². The van der Waals surface area contributed by atoms with Crippen molar-refractivity contribution < 1.29 is 24.2 Å². The standard InChI is InChI=1S/C11H10O5/c1-5-3-6(10(12)13)9(15-2)7-4-16-11(14)8(5)7/h3H,4H2,1-2H3,(H,12,13). The van der Waals surface area contributed by atoms with Crippen LogP contribution in [0.1, 0.15) is 31.8 Å². The molecular weight excluding hydrogens is 212 g/mol. The Bertz CT molecular complexity index is 490. The first kappa shape index (κ1) is 10.5. The molecule has 1 aromatic rings. The molecule has 2 rings (SSSR count). The minimum atomic E-state index is -1.08. The van der Waals surface area contributed by atoms with Gasteiger partial charge >= 0.3 is 11.9 Å². The van der Waals surface area contributed by atoms with Gasteiger partial charge in [0.2, 0.25) is 0 Å². The molecule has 0 fully saturated rings. The van der Waals surface area contributed by atoms with E-state index in [0.717, 1.165) is 0 Å². The van der Waals surface area contributed by atoms with Crippen molar-refractivity contribution in [3.63, 3.8) is 0 Å². The Morgan fingerprint density at radius 3 is 2.81 bits per heavy atom. The average Bonchev–Trinajstić information content (AvgIpc) is 2.61. The molecule has 0 saturated heterocycles. The van der Waals surface area contributed by atoms with Gasteiger partial charge in [-0.15, -0.1) is 0 Å². The van der Waals surface area contributed by atoms with Crippen molar-refractivity contribution in [2.24, 2.45) is 0 Å². The molecule has 0 saturated carbocycles. The number of cyclic esters (lactones) is 1. The molecule has 0 aliphatic carbocycles. The summed E-state index contributed by atoms with van der Waals surface area (Å²) in [5, 5.41) is 9.01. The molecule has 0 radical (unpaired) electrons. The number of methoxy groups -OCH3 is 1. The second-order valence-electron chi connectivity index (χ2n) is 3.51. The highest BCUT2D eigenvalue weighted by Gasteiger charge is 2.30. The highest BCUT2D eigenvalue weighted by Crippen LogP contribution is 2.34. The third-order valence-corrected chi connectivity index (χ3v) is 2.56. The number of hydrogen-bond donors (Lipinski definition) is 1. The molecule has 1 aliphatic heterocycles. The van der Waals surface area contributed by atoms with E-state index in [1.165, 1.54) is 13.2 Å². The number of aryl methyl sites for hydroxylation is 1. The smallest absolute Gasteiger partial charge is 0.339 e. The van der Waals surface area contributed by atoms with E-state index in [2.05, 4.69) is 0 Å². The zero-order chi connectivity index (χ0) is 11.9. The van der Waals surface area contributed by atoms with E-state index in [4.69, 9.17) is 14.6 Å². The van der Waals surface area contributed by atoms with Crippen LogP contribution in [0.3, 0.4) is 0 Å². The fourth-order valence-electron chi connectivity index (χ4n) is 1.89. The monoisotopic (exact) mass is 222 g/mol. The van der Waals surface area contributed by atoms with Crippen LogP contribution in [0.5, 0.6) is 5.75 Å². The summed E-state index contributed by atoms with van der Waals surface area (Å²) < 4.78 is 9.91. The number of fused-ring (bicyclic) bond motifs is 1.